The topological polar surface area (TPSA) is 127 Å². The number of nitro groups is 2. The number of carboxylic acid groups (broad SMARTS) is 1. The van der Waals surface area contributed by atoms with E-state index in [1.165, 1.54) is 4.90 Å². The molecular weight excluding hydrogens is 306 g/mol. The monoisotopic (exact) mass is 325 g/mol. The van der Waals surface area contributed by atoms with Gasteiger partial charge in [0.15, 0.2) is 5.69 Å². The van der Waals surface area contributed by atoms with Gasteiger partial charge >= 0.3 is 17.3 Å². The summed E-state index contributed by atoms with van der Waals surface area (Å²) in [5.74, 6) is -1.90. The van der Waals surface area contributed by atoms with E-state index in [1.807, 2.05) is 0 Å². The summed E-state index contributed by atoms with van der Waals surface area (Å²) in [7, 11) is 0. The Hall–Kier alpha value is -2.71. The molecule has 1 rings (SSSR count). The average Bonchev–Trinajstić information content (AvgIpc) is 2.46. The van der Waals surface area contributed by atoms with Gasteiger partial charge in [-0.05, 0) is 19.8 Å². The summed E-state index contributed by atoms with van der Waals surface area (Å²) in [6, 6.07) is 0.915. The van der Waals surface area contributed by atoms with Crippen LogP contribution in [0, 0.1) is 20.2 Å². The number of hydrogen-bond donors (Lipinski definition) is 1. The molecule has 0 radical (unpaired) electrons. The second-order valence-electron chi connectivity index (χ2n) is 5.20. The Morgan fingerprint density at radius 1 is 1.22 bits per heavy atom. The van der Waals surface area contributed by atoms with Gasteiger partial charge in [-0.3, -0.25) is 20.2 Å². The van der Waals surface area contributed by atoms with Crippen molar-refractivity contribution in [3.05, 3.63) is 37.4 Å². The molecule has 9 heteroatoms. The van der Waals surface area contributed by atoms with Crippen LogP contribution in [0.2, 0.25) is 0 Å². The van der Waals surface area contributed by atoms with E-state index in [1.54, 1.807) is 27.7 Å². The molecule has 0 aliphatic heterocycles. The van der Waals surface area contributed by atoms with E-state index in [9.17, 15) is 30.1 Å². The molecule has 0 heterocycles. The highest BCUT2D eigenvalue weighted by molar-refractivity contribution is 5.95. The minimum Gasteiger partial charge on any atom is -0.478 e. The summed E-state index contributed by atoms with van der Waals surface area (Å²) in [6.07, 6.45) is 0. The smallest absolute Gasteiger partial charge is 0.336 e. The van der Waals surface area contributed by atoms with Crippen LogP contribution in [0.25, 0.3) is 0 Å². The first kappa shape index (κ1) is 18.3. The van der Waals surface area contributed by atoms with Crippen molar-refractivity contribution in [3.63, 3.8) is 0 Å². The van der Waals surface area contributed by atoms with Gasteiger partial charge in [0.1, 0.15) is 0 Å². The Bertz CT molecular complexity index is 652. The van der Waals surface area contributed by atoms with Crippen LogP contribution in [-0.2, 0) is 0 Å². The van der Waals surface area contributed by atoms with Gasteiger partial charge in [0.05, 0.1) is 15.4 Å². The van der Waals surface area contributed by atoms with Gasteiger partial charge in [-0.25, -0.2) is 4.79 Å². The summed E-state index contributed by atoms with van der Waals surface area (Å²) < 4.78 is 0. The quantitative estimate of drug-likeness (QED) is 0.602. The van der Waals surface area contributed by atoms with Crippen molar-refractivity contribution in [2.45, 2.75) is 33.6 Å². The predicted molar refractivity (Wildman–Crippen MR) is 84.4 cm³/mol. The summed E-state index contributed by atoms with van der Waals surface area (Å²) >= 11 is 0. The number of aromatic carboxylic acids is 1. The Morgan fingerprint density at radius 2 is 1.74 bits per heavy atom. The predicted octanol–water partition coefficient (Wildman–Crippen LogP) is 3.17. The summed E-state index contributed by atoms with van der Waals surface area (Å²) in [5, 5.41) is 32.3. The second kappa shape index (κ2) is 7.03. The Morgan fingerprint density at radius 3 is 2.04 bits per heavy atom. The third-order valence-electron chi connectivity index (χ3n) is 3.56. The van der Waals surface area contributed by atoms with E-state index in [0.717, 1.165) is 6.07 Å². The minimum atomic E-state index is -1.43. The van der Waals surface area contributed by atoms with Crippen molar-refractivity contribution >= 4 is 23.0 Å². The van der Waals surface area contributed by atoms with Crippen molar-refractivity contribution in [3.8, 4) is 0 Å². The molecule has 0 aromatic heterocycles. The van der Waals surface area contributed by atoms with Gasteiger partial charge in [-0.1, -0.05) is 13.8 Å². The summed E-state index contributed by atoms with van der Waals surface area (Å²) in [6.45, 7) is 7.32. The molecule has 0 aliphatic rings. The Kier molecular flexibility index (Phi) is 5.61. The normalized spacial score (nSPS) is 10.7. The molecule has 0 amide bonds. The van der Waals surface area contributed by atoms with Gasteiger partial charge < -0.3 is 10.0 Å². The number of benzene rings is 1. The van der Waals surface area contributed by atoms with Crippen LogP contribution in [0.5, 0.6) is 0 Å². The van der Waals surface area contributed by atoms with Crippen LogP contribution < -0.4 is 4.90 Å². The number of nitro benzene ring substituents is 2. The molecule has 0 aliphatic carbocycles. The third kappa shape index (κ3) is 3.38. The first-order valence-corrected chi connectivity index (χ1v) is 7.15. The summed E-state index contributed by atoms with van der Waals surface area (Å²) in [5.41, 5.74) is -1.62. The minimum absolute atomic E-state index is 0.00463. The lowest BCUT2D eigenvalue weighted by atomic mass is 9.92. The maximum atomic E-state index is 11.6. The Balaban J connectivity index is 4.05. The summed E-state index contributed by atoms with van der Waals surface area (Å²) in [4.78, 5) is 34.4. The molecule has 1 N–H and O–H groups in total. The molecule has 0 atom stereocenters. The third-order valence-corrected chi connectivity index (χ3v) is 3.56. The fourth-order valence-electron chi connectivity index (χ4n) is 2.60. The maximum Gasteiger partial charge on any atom is 0.336 e. The van der Waals surface area contributed by atoms with E-state index in [-0.39, 0.29) is 11.3 Å². The van der Waals surface area contributed by atoms with E-state index < -0.39 is 38.7 Å². The molecular formula is C14H19N3O6. The molecule has 0 saturated heterocycles. The molecule has 1 aromatic carbocycles. The van der Waals surface area contributed by atoms with Crippen LogP contribution >= 0.6 is 0 Å². The van der Waals surface area contributed by atoms with Gasteiger partial charge in [0.2, 0.25) is 0 Å². The number of carbonyl (C=O) groups is 1. The fourth-order valence-corrected chi connectivity index (χ4v) is 2.60. The maximum absolute atomic E-state index is 11.6. The Labute approximate surface area is 132 Å². The number of nitrogens with zero attached hydrogens (tertiary/aromatic N) is 3. The molecule has 0 unspecified atom stereocenters. The number of carboxylic acids is 1. The average molecular weight is 325 g/mol. The molecule has 23 heavy (non-hydrogen) atoms. The van der Waals surface area contributed by atoms with Crippen LogP contribution in [0.1, 0.15) is 49.5 Å². The lowest BCUT2D eigenvalue weighted by Gasteiger charge is -2.23. The van der Waals surface area contributed by atoms with Crippen molar-refractivity contribution < 1.29 is 19.7 Å². The van der Waals surface area contributed by atoms with Crippen molar-refractivity contribution in [2.24, 2.45) is 0 Å². The largest absolute Gasteiger partial charge is 0.478 e. The van der Waals surface area contributed by atoms with E-state index in [2.05, 4.69) is 0 Å². The highest BCUT2D eigenvalue weighted by Crippen LogP contribution is 2.44. The molecule has 1 aromatic rings. The van der Waals surface area contributed by atoms with Gasteiger partial charge in [-0.2, -0.15) is 0 Å². The zero-order valence-corrected chi connectivity index (χ0v) is 13.4. The van der Waals surface area contributed by atoms with E-state index in [0.29, 0.717) is 13.1 Å². The first-order chi connectivity index (χ1) is 10.7. The van der Waals surface area contributed by atoms with E-state index >= 15 is 0 Å². The number of rotatable bonds is 7. The lowest BCUT2D eigenvalue weighted by Crippen LogP contribution is -2.25. The first-order valence-electron chi connectivity index (χ1n) is 7.15. The number of anilines is 1. The zero-order chi connectivity index (χ0) is 17.9. The van der Waals surface area contributed by atoms with Crippen molar-refractivity contribution in [1.29, 1.82) is 0 Å². The SMILES string of the molecule is CCN(CC)c1c([N+](=O)[O-])cc(C(=O)O)c(C(C)C)c1[N+](=O)[O-]. The molecule has 126 valence electrons. The molecule has 0 spiro atoms. The van der Waals surface area contributed by atoms with Gasteiger partial charge in [-0.15, -0.1) is 0 Å². The van der Waals surface area contributed by atoms with Crippen LogP contribution in [0.4, 0.5) is 17.1 Å². The van der Waals surface area contributed by atoms with Gasteiger partial charge in [0, 0.05) is 24.7 Å². The fraction of sp³-hybridized carbons (Fsp3) is 0.500. The van der Waals surface area contributed by atoms with Gasteiger partial charge in [0.25, 0.3) is 0 Å². The highest BCUT2D eigenvalue weighted by Gasteiger charge is 2.37. The number of hydrogen-bond acceptors (Lipinski definition) is 6. The lowest BCUT2D eigenvalue weighted by molar-refractivity contribution is -0.393. The standard InChI is InChI=1S/C14H19N3O6/c1-5-15(6-2)12-10(16(20)21)7-9(14(18)19)11(8(3)4)13(12)17(22)23/h7-8H,5-6H2,1-4H3,(H,18,19). The molecule has 0 fully saturated rings. The second-order valence-corrected chi connectivity index (χ2v) is 5.20. The van der Waals surface area contributed by atoms with Crippen molar-refractivity contribution in [2.75, 3.05) is 18.0 Å². The van der Waals surface area contributed by atoms with Crippen molar-refractivity contribution in [1.82, 2.24) is 0 Å². The zero-order valence-electron chi connectivity index (χ0n) is 13.4. The highest BCUT2D eigenvalue weighted by atomic mass is 16.6. The molecule has 0 saturated carbocycles. The van der Waals surface area contributed by atoms with E-state index in [4.69, 9.17) is 0 Å². The molecule has 0 bridgehead atoms. The van der Waals surface area contributed by atoms with Crippen LogP contribution in [-0.4, -0.2) is 34.0 Å². The molecule has 9 nitrogen and oxygen atoms in total. The van der Waals surface area contributed by atoms with Crippen LogP contribution in [0.3, 0.4) is 0 Å². The van der Waals surface area contributed by atoms with Crippen LogP contribution in [0.15, 0.2) is 6.07 Å².